The van der Waals surface area contributed by atoms with E-state index in [0.29, 0.717) is 24.3 Å². The average Bonchev–Trinajstić information content (AvgIpc) is 3.28. The summed E-state index contributed by atoms with van der Waals surface area (Å²) >= 11 is 0. The van der Waals surface area contributed by atoms with Crippen molar-refractivity contribution in [3.05, 3.63) is 29.8 Å². The molecule has 1 saturated carbocycles. The van der Waals surface area contributed by atoms with Crippen LogP contribution in [0.15, 0.2) is 24.3 Å². The minimum Gasteiger partial charge on any atom is -0.508 e. The molecule has 4 saturated heterocycles. The second-order valence-electron chi connectivity index (χ2n) is 14.7. The number of amides is 2. The number of hydrogen-bond donors (Lipinski definition) is 3. The Morgan fingerprint density at radius 1 is 0.980 bits per heavy atom. The highest BCUT2D eigenvalue weighted by molar-refractivity contribution is 5.91. The van der Waals surface area contributed by atoms with Crippen molar-refractivity contribution in [2.75, 3.05) is 6.61 Å². The van der Waals surface area contributed by atoms with E-state index in [9.17, 15) is 24.3 Å². The third-order valence-corrected chi connectivity index (χ3v) is 10.5. The van der Waals surface area contributed by atoms with Crippen LogP contribution >= 0.6 is 0 Å². The van der Waals surface area contributed by atoms with E-state index in [0.717, 1.165) is 19.3 Å². The van der Waals surface area contributed by atoms with Gasteiger partial charge >= 0.3 is 11.9 Å². The molecule has 272 valence electrons. The summed E-state index contributed by atoms with van der Waals surface area (Å²) in [6.45, 7) is 11.7. The maximum absolute atomic E-state index is 13.4. The summed E-state index contributed by atoms with van der Waals surface area (Å²) in [6, 6.07) is 4.33. The van der Waals surface area contributed by atoms with Crippen LogP contribution in [0.3, 0.4) is 0 Å². The molecular formula is C36H52N2O11. The SMILES string of the molecule is CCOC(=O)[C@H](Cc1ccc(O)cc1)NC(=O)[C@@H](CC(C)C)NC(=O)CCC(=O)O[C@H]1O[C@H]2O[C@@]3(C)CC[C@H]4[C@H](C)CC[C@@H]([C@H]1C)[C@]24OO3. The molecule has 1 aromatic rings. The first-order valence-electron chi connectivity index (χ1n) is 17.7. The number of hydrogen-bond acceptors (Lipinski definition) is 11. The van der Waals surface area contributed by atoms with Crippen LogP contribution in [-0.4, -0.2) is 71.5 Å². The summed E-state index contributed by atoms with van der Waals surface area (Å²) in [5.74, 6) is -2.74. The number of phenols is 1. The molecule has 0 unspecified atom stereocenters. The molecule has 2 amide bonds. The molecule has 2 bridgehead atoms. The molecule has 5 aliphatic rings. The smallest absolute Gasteiger partial charge is 0.328 e. The van der Waals surface area contributed by atoms with Crippen LogP contribution in [0.1, 0.15) is 92.1 Å². The number of carbonyl (C=O) groups is 4. The number of rotatable bonds is 13. The van der Waals surface area contributed by atoms with Crippen molar-refractivity contribution in [1.82, 2.24) is 10.6 Å². The van der Waals surface area contributed by atoms with Crippen LogP contribution in [0.25, 0.3) is 0 Å². The highest BCUT2D eigenvalue weighted by Gasteiger charge is 2.69. The van der Waals surface area contributed by atoms with Gasteiger partial charge < -0.3 is 34.7 Å². The second-order valence-corrected chi connectivity index (χ2v) is 14.7. The summed E-state index contributed by atoms with van der Waals surface area (Å²) in [4.78, 5) is 64.3. The van der Waals surface area contributed by atoms with Crippen molar-refractivity contribution in [1.29, 1.82) is 0 Å². The summed E-state index contributed by atoms with van der Waals surface area (Å²) < 4.78 is 23.7. The van der Waals surface area contributed by atoms with Crippen molar-refractivity contribution >= 4 is 23.8 Å². The summed E-state index contributed by atoms with van der Waals surface area (Å²) in [5.41, 5.74) is -0.0744. The van der Waals surface area contributed by atoms with E-state index in [1.165, 1.54) is 12.1 Å². The maximum Gasteiger partial charge on any atom is 0.328 e. The predicted octanol–water partition coefficient (Wildman–Crippen LogP) is 4.04. The lowest BCUT2D eigenvalue weighted by atomic mass is 9.58. The van der Waals surface area contributed by atoms with Crippen LogP contribution in [-0.2, 0) is 54.3 Å². The molecule has 1 aromatic carbocycles. The average molecular weight is 689 g/mol. The molecule has 13 heteroatoms. The van der Waals surface area contributed by atoms with Gasteiger partial charge in [-0.3, -0.25) is 14.4 Å². The molecule has 49 heavy (non-hydrogen) atoms. The summed E-state index contributed by atoms with van der Waals surface area (Å²) in [5, 5.41) is 15.1. The van der Waals surface area contributed by atoms with Gasteiger partial charge in [0.1, 0.15) is 17.8 Å². The molecule has 4 aliphatic heterocycles. The standard InChI is InChI=1S/C36H52N2O11/c1-7-44-32(43)28(19-23-9-11-24(39)12-10-23)38-31(42)27(18-20(2)3)37-29(40)14-15-30(41)45-33-22(5)26-13-8-21(4)25-16-17-35(6)47-34(46-33)36(25,26)49-48-35/h9-12,20-22,25-28,33-34,39H,7-8,13-19H2,1-6H3,(H,37,40)(H,38,42)/t21-,22-,25+,26+,27-,28+,33+,34+,35-,36+/m1/s1. The Morgan fingerprint density at radius 3 is 2.41 bits per heavy atom. The fourth-order valence-electron chi connectivity index (χ4n) is 7.96. The number of benzene rings is 1. The van der Waals surface area contributed by atoms with E-state index in [1.54, 1.807) is 19.1 Å². The van der Waals surface area contributed by atoms with Gasteiger partial charge in [0.25, 0.3) is 0 Å². The molecule has 6 rings (SSSR count). The fraction of sp³-hybridized carbons (Fsp3) is 0.722. The molecule has 4 heterocycles. The number of ether oxygens (including phenoxy) is 4. The molecule has 10 atom stereocenters. The molecule has 0 radical (unpaired) electrons. The molecule has 1 aliphatic carbocycles. The minimum atomic E-state index is -1.01. The molecule has 3 N–H and O–H groups in total. The van der Waals surface area contributed by atoms with E-state index in [1.807, 2.05) is 27.7 Å². The zero-order valence-corrected chi connectivity index (χ0v) is 29.4. The highest BCUT2D eigenvalue weighted by Crippen LogP contribution is 2.60. The number of carbonyl (C=O) groups excluding carboxylic acids is 4. The lowest BCUT2D eigenvalue weighted by Gasteiger charge is -2.59. The third kappa shape index (κ3) is 8.22. The van der Waals surface area contributed by atoms with Gasteiger partial charge in [0.05, 0.1) is 13.0 Å². The Balaban J connectivity index is 1.18. The van der Waals surface area contributed by atoms with E-state index in [4.69, 9.17) is 28.7 Å². The summed E-state index contributed by atoms with van der Waals surface area (Å²) in [6.07, 6.45) is 1.78. The van der Waals surface area contributed by atoms with Gasteiger partial charge in [0.2, 0.25) is 23.9 Å². The zero-order valence-electron chi connectivity index (χ0n) is 29.4. The Kier molecular flexibility index (Phi) is 11.6. The van der Waals surface area contributed by atoms with Gasteiger partial charge in [0.15, 0.2) is 11.9 Å². The van der Waals surface area contributed by atoms with Gasteiger partial charge in [-0.1, -0.05) is 39.8 Å². The monoisotopic (exact) mass is 688 g/mol. The highest BCUT2D eigenvalue weighted by atomic mass is 17.3. The topological polar surface area (TPSA) is 168 Å². The first-order chi connectivity index (χ1) is 23.2. The van der Waals surface area contributed by atoms with Gasteiger partial charge in [-0.05, 0) is 75.0 Å². The van der Waals surface area contributed by atoms with Gasteiger partial charge in [-0.25, -0.2) is 14.6 Å². The van der Waals surface area contributed by atoms with Gasteiger partial charge in [-0.15, -0.1) is 0 Å². The number of aromatic hydroxyl groups is 1. The minimum absolute atomic E-state index is 0.0148. The Morgan fingerprint density at radius 2 is 1.71 bits per heavy atom. The number of fused-ring (bicyclic) bond motifs is 2. The molecule has 1 spiro atoms. The lowest BCUT2D eigenvalue weighted by molar-refractivity contribution is -0.576. The third-order valence-electron chi connectivity index (χ3n) is 10.5. The van der Waals surface area contributed by atoms with Crippen LogP contribution in [0.4, 0.5) is 0 Å². The van der Waals surface area contributed by atoms with Crippen molar-refractivity contribution < 1.29 is 53.0 Å². The largest absolute Gasteiger partial charge is 0.508 e. The lowest BCUT2D eigenvalue weighted by Crippen LogP contribution is -2.70. The quantitative estimate of drug-likeness (QED) is 0.202. The number of nitrogens with one attached hydrogen (secondary N) is 2. The number of phenolic OH excluding ortho intramolecular Hbond substituents is 1. The van der Waals surface area contributed by atoms with Crippen molar-refractivity contribution in [2.24, 2.45) is 29.6 Å². The maximum atomic E-state index is 13.4. The van der Waals surface area contributed by atoms with Gasteiger partial charge in [0, 0.05) is 31.1 Å². The zero-order chi connectivity index (χ0) is 35.5. The second kappa shape index (κ2) is 15.3. The fourth-order valence-corrected chi connectivity index (χ4v) is 7.96. The van der Waals surface area contributed by atoms with E-state index in [2.05, 4.69) is 17.6 Å². The normalized spacial score (nSPS) is 33.0. The first kappa shape index (κ1) is 37.0. The Bertz CT molecular complexity index is 1350. The van der Waals surface area contributed by atoms with E-state index >= 15 is 0 Å². The van der Waals surface area contributed by atoms with E-state index < -0.39 is 59.8 Å². The van der Waals surface area contributed by atoms with Gasteiger partial charge in [-0.2, -0.15) is 0 Å². The molecule has 5 fully saturated rings. The molecular weight excluding hydrogens is 636 g/mol. The predicted molar refractivity (Wildman–Crippen MR) is 174 cm³/mol. The molecule has 13 nitrogen and oxygen atoms in total. The van der Waals surface area contributed by atoms with Crippen LogP contribution in [0.5, 0.6) is 5.75 Å². The van der Waals surface area contributed by atoms with Crippen LogP contribution in [0.2, 0.25) is 0 Å². The first-order valence-corrected chi connectivity index (χ1v) is 17.7. The Hall–Kier alpha value is -3.26. The van der Waals surface area contributed by atoms with Crippen LogP contribution < -0.4 is 10.6 Å². The van der Waals surface area contributed by atoms with Crippen molar-refractivity contribution in [3.8, 4) is 5.75 Å². The summed E-state index contributed by atoms with van der Waals surface area (Å²) in [7, 11) is 0. The van der Waals surface area contributed by atoms with Crippen molar-refractivity contribution in [2.45, 2.75) is 129 Å². The van der Waals surface area contributed by atoms with Crippen LogP contribution in [0, 0.1) is 29.6 Å². The van der Waals surface area contributed by atoms with Crippen molar-refractivity contribution in [3.63, 3.8) is 0 Å². The molecule has 0 aromatic heterocycles. The number of esters is 2. The van der Waals surface area contributed by atoms with E-state index in [-0.39, 0.29) is 55.3 Å². The Labute approximate surface area is 288 Å².